The van der Waals surface area contributed by atoms with Crippen LogP contribution in [0.25, 0.3) is 64.5 Å². The highest BCUT2D eigenvalue weighted by Gasteiger charge is 2.23. The molecule has 0 saturated carbocycles. The number of benzene rings is 4. The zero-order chi connectivity index (χ0) is 49.2. The Bertz CT molecular complexity index is 3300. The summed E-state index contributed by atoms with van der Waals surface area (Å²) in [6, 6.07) is 60.6. The van der Waals surface area contributed by atoms with Gasteiger partial charge in [-0.2, -0.15) is 0 Å². The summed E-state index contributed by atoms with van der Waals surface area (Å²) in [6.45, 7) is 0. The molecular formula is C63H48N4S4Si3. The van der Waals surface area contributed by atoms with Gasteiger partial charge in [0.1, 0.15) is 0 Å². The van der Waals surface area contributed by atoms with Gasteiger partial charge in [-0.05, 0) is 141 Å². The van der Waals surface area contributed by atoms with Crippen LogP contribution in [0.4, 0.5) is 0 Å². The van der Waals surface area contributed by atoms with Crippen molar-refractivity contribution in [2.24, 2.45) is 0 Å². The van der Waals surface area contributed by atoms with Crippen LogP contribution in [0, 0.1) is 0 Å². The van der Waals surface area contributed by atoms with Crippen molar-refractivity contribution >= 4 is 105 Å². The van der Waals surface area contributed by atoms with E-state index in [1.807, 2.05) is 94.4 Å². The summed E-state index contributed by atoms with van der Waals surface area (Å²) < 4.78 is 0. The second-order valence-corrected chi connectivity index (χ2v) is 28.1. The molecule has 11 heteroatoms. The Balaban J connectivity index is 0.0000000858. The lowest BCUT2D eigenvalue weighted by Crippen LogP contribution is -2.20. The van der Waals surface area contributed by atoms with Gasteiger partial charge in [-0.3, -0.25) is 19.9 Å². The Labute approximate surface area is 454 Å². The molecule has 11 heterocycles. The molecule has 12 aromatic rings. The van der Waals surface area contributed by atoms with Crippen LogP contribution in [0.2, 0.25) is 0 Å². The lowest BCUT2D eigenvalue weighted by atomic mass is 10.1. The topological polar surface area (TPSA) is 51.6 Å². The van der Waals surface area contributed by atoms with Gasteiger partial charge in [0.05, 0.1) is 51.3 Å². The van der Waals surface area contributed by atoms with E-state index in [2.05, 4.69) is 187 Å². The zero-order valence-electron chi connectivity index (χ0n) is 40.4. The van der Waals surface area contributed by atoms with E-state index in [9.17, 15) is 0 Å². The van der Waals surface area contributed by atoms with E-state index < -0.39 is 0 Å². The van der Waals surface area contributed by atoms with Crippen molar-refractivity contribution in [2.75, 3.05) is 0 Å². The highest BCUT2D eigenvalue weighted by molar-refractivity contribution is 7.24. The summed E-state index contributed by atoms with van der Waals surface area (Å²) in [6.07, 6.45) is 10.6. The van der Waals surface area contributed by atoms with Crippen molar-refractivity contribution in [1.82, 2.24) is 19.9 Å². The second kappa shape index (κ2) is 21.0. The van der Waals surface area contributed by atoms with Gasteiger partial charge >= 0.3 is 0 Å². The van der Waals surface area contributed by atoms with Gasteiger partial charge in [0.15, 0.2) is 0 Å². The average Bonchev–Trinajstić information content (AvgIpc) is 4.30. The van der Waals surface area contributed by atoms with E-state index >= 15 is 0 Å². The molecule has 0 radical (unpaired) electrons. The SMILES string of the molecule is c1cc2c(s1)-c1sccc1C2.c1cc2c(s1)-c1sccc1[SiH2]2.c1ccc2c(c1)Cc1ccccc1-2.c1ccc2c(c1)[SiH2]c1ccccc1-2.c1cnc2c(c1)Cc1cccnc1-2.c1cnc2c(c1)[SiH2]c1cccnc1-2. The minimum absolute atomic E-state index is 0.0548. The van der Waals surface area contributed by atoms with Gasteiger partial charge in [-0.25, -0.2) is 0 Å². The van der Waals surface area contributed by atoms with E-state index in [-0.39, 0.29) is 28.6 Å². The van der Waals surface area contributed by atoms with Crippen LogP contribution in [0.3, 0.4) is 0 Å². The molecule has 0 bridgehead atoms. The van der Waals surface area contributed by atoms with Gasteiger partial charge in [0, 0.05) is 57.1 Å². The first-order chi connectivity index (χ1) is 36.7. The Morgan fingerprint density at radius 3 is 1.11 bits per heavy atom. The highest BCUT2D eigenvalue weighted by atomic mass is 32.1. The smallest absolute Gasteiger partial charge is 0.0933 e. The minimum Gasteiger partial charge on any atom is -0.255 e. The van der Waals surface area contributed by atoms with Gasteiger partial charge in [0.2, 0.25) is 0 Å². The maximum Gasteiger partial charge on any atom is 0.0933 e. The fourth-order valence-corrected chi connectivity index (χ4v) is 21.7. The van der Waals surface area contributed by atoms with Crippen LogP contribution in [0.1, 0.15) is 33.4 Å². The number of hydrogen-bond acceptors (Lipinski definition) is 8. The Morgan fingerprint density at radius 2 is 0.595 bits per heavy atom. The predicted octanol–water partition coefficient (Wildman–Crippen LogP) is 9.96. The van der Waals surface area contributed by atoms with Crippen molar-refractivity contribution < 1.29 is 0 Å². The van der Waals surface area contributed by atoms with Crippen LogP contribution >= 0.6 is 45.3 Å². The lowest BCUT2D eigenvalue weighted by Gasteiger charge is -1.98. The molecule has 8 aromatic heterocycles. The third-order valence-electron chi connectivity index (χ3n) is 14.3. The van der Waals surface area contributed by atoms with Crippen molar-refractivity contribution in [2.45, 2.75) is 19.3 Å². The molecule has 0 N–H and O–H groups in total. The van der Waals surface area contributed by atoms with Crippen molar-refractivity contribution in [3.8, 4) is 64.5 Å². The van der Waals surface area contributed by atoms with Crippen LogP contribution in [0.5, 0.6) is 0 Å². The van der Waals surface area contributed by atoms with E-state index in [1.54, 1.807) is 30.5 Å². The normalized spacial score (nSPS) is 12.5. The summed E-state index contributed by atoms with van der Waals surface area (Å²) in [5.74, 6) is 0. The van der Waals surface area contributed by atoms with Crippen LogP contribution in [0.15, 0.2) is 216 Å². The number of rotatable bonds is 0. The molecule has 18 rings (SSSR count). The molecule has 0 saturated heterocycles. The Hall–Kier alpha value is -7.07. The van der Waals surface area contributed by atoms with Crippen LogP contribution in [-0.4, -0.2) is 48.5 Å². The van der Waals surface area contributed by atoms with Gasteiger partial charge in [-0.15, -0.1) is 45.3 Å². The molecule has 3 aliphatic carbocycles. The van der Waals surface area contributed by atoms with Crippen LogP contribution < -0.4 is 31.1 Å². The van der Waals surface area contributed by atoms with E-state index in [0.29, 0.717) is 0 Å². The van der Waals surface area contributed by atoms with Gasteiger partial charge < -0.3 is 0 Å². The summed E-state index contributed by atoms with van der Waals surface area (Å²) in [5, 5.41) is 18.2. The first-order valence-corrected chi connectivity index (χ1v) is 32.8. The third kappa shape index (κ3) is 9.30. The Kier molecular flexibility index (Phi) is 13.3. The number of pyridine rings is 4. The van der Waals surface area contributed by atoms with Crippen molar-refractivity contribution in [3.63, 3.8) is 0 Å². The first kappa shape index (κ1) is 46.7. The van der Waals surface area contributed by atoms with E-state index in [0.717, 1.165) is 42.0 Å². The molecule has 0 amide bonds. The molecule has 356 valence electrons. The molecule has 3 aliphatic heterocycles. The highest BCUT2D eigenvalue weighted by Crippen LogP contribution is 2.43. The number of aromatic nitrogens is 4. The maximum atomic E-state index is 4.37. The molecule has 0 atom stereocenters. The molecule has 74 heavy (non-hydrogen) atoms. The van der Waals surface area contributed by atoms with Gasteiger partial charge in [-0.1, -0.05) is 144 Å². The quantitative estimate of drug-likeness (QED) is 0.142. The largest absolute Gasteiger partial charge is 0.255 e. The number of nitrogens with zero attached hydrogens (tertiary/aromatic N) is 4. The monoisotopic (exact) mass is 1070 g/mol. The molecule has 6 aliphatic rings. The summed E-state index contributed by atoms with van der Waals surface area (Å²) >= 11 is 7.55. The van der Waals surface area contributed by atoms with E-state index in [4.69, 9.17) is 0 Å². The summed E-state index contributed by atoms with van der Waals surface area (Å²) in [7, 11) is -0.500. The summed E-state index contributed by atoms with van der Waals surface area (Å²) in [4.78, 5) is 23.6. The fourth-order valence-electron chi connectivity index (χ4n) is 10.9. The second-order valence-electron chi connectivity index (χ2n) is 18.8. The standard InChI is InChI=1S/C13H10.C12H10Si.C11H8N2.C10H8N2Si.C9H6S2.C8H6S2Si/c1-3-7-12-10(5-1)9-11-6-2-4-8-13(11)12;1-3-7-11-9(5-1)10-6-2-4-8-12(10)13-11;1-3-8-7-9-4-2-6-13-11(9)10(8)12-5-1;1-3-7-9(11-5-1)10-8(13-7)4-2-6-12-10;1-3-10-8-6(1)5-7-2-4-11-9(7)8;1-3-9-7-5(1)11-6-2-4-10-8(6)7/h1-8H,9H2;1-8H,13H2;1-6H,7H2;1-6H,13H2;1-4H,5H2;1-4H,11H2. The Morgan fingerprint density at radius 1 is 0.257 bits per heavy atom. The number of fused-ring (bicyclic) bond motifs is 18. The molecule has 0 unspecified atom stereocenters. The maximum absolute atomic E-state index is 4.37. The third-order valence-corrected chi connectivity index (χ3v) is 24.9. The molecule has 0 spiro atoms. The zero-order valence-corrected chi connectivity index (χ0v) is 48.0. The lowest BCUT2D eigenvalue weighted by molar-refractivity contribution is 1.22. The molecule has 0 fully saturated rings. The van der Waals surface area contributed by atoms with Crippen LogP contribution in [-0.2, 0) is 19.3 Å². The molecule has 4 aromatic carbocycles. The first-order valence-electron chi connectivity index (χ1n) is 25.0. The number of hydrogen-bond donors (Lipinski definition) is 0. The number of thiophene rings is 4. The van der Waals surface area contributed by atoms with Crippen molar-refractivity contribution in [1.29, 1.82) is 0 Å². The molecule has 4 nitrogen and oxygen atoms in total. The van der Waals surface area contributed by atoms with E-state index in [1.165, 1.54) is 75.8 Å². The molecular weight excluding hydrogens is 1030 g/mol. The average molecular weight is 1070 g/mol. The fraction of sp³-hybridized carbons (Fsp3) is 0.0476. The predicted molar refractivity (Wildman–Crippen MR) is 326 cm³/mol. The van der Waals surface area contributed by atoms with Crippen molar-refractivity contribution in [3.05, 3.63) is 250 Å². The van der Waals surface area contributed by atoms with Gasteiger partial charge in [0.25, 0.3) is 0 Å². The summed E-state index contributed by atoms with van der Waals surface area (Å²) in [5.41, 5.74) is 18.7. The minimum atomic E-state index is -0.285.